The van der Waals surface area contributed by atoms with Crippen LogP contribution in [-0.2, 0) is 27.4 Å². The lowest BCUT2D eigenvalue weighted by Gasteiger charge is -2.40. The van der Waals surface area contributed by atoms with Crippen molar-refractivity contribution >= 4 is 62.4 Å². The van der Waals surface area contributed by atoms with Gasteiger partial charge in [0, 0.05) is 88.3 Å². The summed E-state index contributed by atoms with van der Waals surface area (Å²) >= 11 is 0. The van der Waals surface area contributed by atoms with Gasteiger partial charge in [0.2, 0.25) is 11.9 Å². The second kappa shape index (κ2) is 16.6. The molecule has 5 amide bonds. The first-order valence-electron chi connectivity index (χ1n) is 19.8. The molecule has 4 aromatic rings. The number of rotatable bonds is 11. The number of benzene rings is 3. The minimum atomic E-state index is -4.72. The molecule has 0 bridgehead atoms. The van der Waals surface area contributed by atoms with Gasteiger partial charge in [-0.25, -0.2) is 23.2 Å². The zero-order chi connectivity index (χ0) is 43.1. The van der Waals surface area contributed by atoms with Crippen molar-refractivity contribution in [1.82, 2.24) is 30.2 Å². The zero-order valence-electron chi connectivity index (χ0n) is 33.1. The Morgan fingerprint density at radius 2 is 1.51 bits per heavy atom. The van der Waals surface area contributed by atoms with Crippen LogP contribution in [0.2, 0.25) is 0 Å². The quantitative estimate of drug-likeness (QED) is 0.176. The first-order chi connectivity index (χ1) is 29.1. The Labute approximate surface area is 349 Å². The molecule has 61 heavy (non-hydrogen) atoms. The number of nitrogens with zero attached hydrogens (tertiary/aromatic N) is 7. The number of hydrogen-bond donors (Lipinski definition) is 3. The summed E-state index contributed by atoms with van der Waals surface area (Å²) < 4.78 is 65.4. The zero-order valence-corrected chi connectivity index (χ0v) is 33.9. The smallest absolute Gasteiger partial charge is 0.371 e. The first-order valence-corrected chi connectivity index (χ1v) is 21.7. The number of hydrogen-bond acceptors (Lipinski definition) is 13. The summed E-state index contributed by atoms with van der Waals surface area (Å²) in [7, 11) is -3.49. The van der Waals surface area contributed by atoms with E-state index < -0.39 is 51.1 Å². The number of piperidine rings is 1. The van der Waals surface area contributed by atoms with Crippen molar-refractivity contribution in [2.24, 2.45) is 5.92 Å². The maximum atomic E-state index is 13.8. The monoisotopic (exact) mass is 860 g/mol. The average Bonchev–Trinajstić information content (AvgIpc) is 3.48. The Kier molecular flexibility index (Phi) is 11.3. The van der Waals surface area contributed by atoms with E-state index in [-0.39, 0.29) is 41.5 Å². The van der Waals surface area contributed by atoms with Gasteiger partial charge in [-0.3, -0.25) is 24.6 Å². The van der Waals surface area contributed by atoms with Crippen molar-refractivity contribution < 1.29 is 40.8 Å². The Bertz CT molecular complexity index is 2470. The van der Waals surface area contributed by atoms with E-state index in [0.29, 0.717) is 23.4 Å². The molecule has 4 aliphatic heterocycles. The van der Waals surface area contributed by atoms with Gasteiger partial charge >= 0.3 is 12.2 Å². The molecule has 3 N–H and O–H groups in total. The molecular weight excluding hydrogens is 818 g/mol. The van der Waals surface area contributed by atoms with E-state index in [2.05, 4.69) is 40.6 Å². The van der Waals surface area contributed by atoms with Crippen LogP contribution in [-0.4, -0.2) is 116 Å². The van der Waals surface area contributed by atoms with Crippen LogP contribution >= 0.6 is 0 Å². The van der Waals surface area contributed by atoms with E-state index >= 15 is 0 Å². The standard InChI is InChI=1S/C41H43F3N10O6S/c1-61(59,60)31-4-2-3-27(21-31)23-45-36-34(41(42,43)44)24-46-39(49-36)47-28-5-7-29(8-6-28)52-19-17-50(18-20-52)25-26-11-14-51(15-12-26)30-9-10-32-33(22-30)38(57)54(37(32)56)53-16-13-35(55)48-40(53)58/h2-10,21-22,24,26H,11-20,23,25H2,1H3,(H,48,55,58)(H2,45,46,47,49). The van der Waals surface area contributed by atoms with E-state index in [9.17, 15) is 40.8 Å². The number of halogens is 3. The van der Waals surface area contributed by atoms with Crippen molar-refractivity contribution in [2.75, 3.05) is 79.0 Å². The molecule has 320 valence electrons. The Morgan fingerprint density at radius 3 is 2.20 bits per heavy atom. The van der Waals surface area contributed by atoms with Crippen LogP contribution in [0.4, 0.5) is 46.8 Å². The normalized spacial score (nSPS) is 18.1. The lowest BCUT2D eigenvalue weighted by atomic mass is 9.95. The molecule has 3 saturated heterocycles. The van der Waals surface area contributed by atoms with E-state index in [4.69, 9.17) is 0 Å². The van der Waals surface area contributed by atoms with Crippen molar-refractivity contribution in [3.63, 3.8) is 0 Å². The lowest BCUT2D eigenvalue weighted by molar-refractivity contribution is -0.137. The minimum Gasteiger partial charge on any atom is -0.371 e. The molecule has 0 aliphatic carbocycles. The highest BCUT2D eigenvalue weighted by Gasteiger charge is 2.43. The van der Waals surface area contributed by atoms with Gasteiger partial charge in [-0.2, -0.15) is 23.2 Å². The molecule has 0 unspecified atom stereocenters. The van der Waals surface area contributed by atoms with Crippen LogP contribution in [0, 0.1) is 5.92 Å². The lowest BCUT2D eigenvalue weighted by Crippen LogP contribution is -2.58. The number of urea groups is 1. The summed E-state index contributed by atoms with van der Waals surface area (Å²) in [5.74, 6) is -1.61. The number of carbonyl (C=O) groups excluding carboxylic acids is 4. The van der Waals surface area contributed by atoms with Crippen LogP contribution in [0.15, 0.2) is 77.8 Å². The van der Waals surface area contributed by atoms with Crippen LogP contribution in [0.1, 0.15) is 51.1 Å². The number of hydrazine groups is 1. The van der Waals surface area contributed by atoms with Crippen LogP contribution in [0.3, 0.4) is 0 Å². The Morgan fingerprint density at radius 1 is 0.820 bits per heavy atom. The number of sulfone groups is 1. The number of imide groups is 2. The summed E-state index contributed by atoms with van der Waals surface area (Å²) in [4.78, 5) is 65.4. The fourth-order valence-corrected chi connectivity index (χ4v) is 8.74. The SMILES string of the molecule is CS(=O)(=O)c1cccc(CNc2nc(Nc3ccc(N4CCN(CC5CCN(c6ccc7c(c6)C(=O)N(N6CCC(=O)NC6=O)C7=O)CC5)CC4)cc3)ncc2C(F)(F)F)c1. The number of piperazine rings is 1. The predicted octanol–water partition coefficient (Wildman–Crippen LogP) is 4.75. The van der Waals surface area contributed by atoms with Gasteiger partial charge in [-0.15, -0.1) is 0 Å². The molecule has 0 radical (unpaired) electrons. The largest absolute Gasteiger partial charge is 0.421 e. The average molecular weight is 861 g/mol. The van der Waals surface area contributed by atoms with Crippen molar-refractivity contribution in [2.45, 2.75) is 36.9 Å². The summed E-state index contributed by atoms with van der Waals surface area (Å²) in [5.41, 5.74) is 2.33. The topological polar surface area (TPSA) is 180 Å². The fraction of sp³-hybridized carbons (Fsp3) is 0.366. The van der Waals surface area contributed by atoms with Gasteiger partial charge in [0.1, 0.15) is 11.4 Å². The summed E-state index contributed by atoms with van der Waals surface area (Å²) in [5, 5.41) is 9.64. The van der Waals surface area contributed by atoms with E-state index in [1.165, 1.54) is 18.2 Å². The molecular formula is C41H43F3N10O6S. The summed E-state index contributed by atoms with van der Waals surface area (Å²) in [6.45, 7) is 5.82. The summed E-state index contributed by atoms with van der Waals surface area (Å²) in [6, 6.07) is 17.9. The molecule has 3 aromatic carbocycles. The molecule has 20 heteroatoms. The van der Waals surface area contributed by atoms with Crippen LogP contribution in [0.5, 0.6) is 0 Å². The highest BCUT2D eigenvalue weighted by Crippen LogP contribution is 2.35. The molecule has 5 heterocycles. The van der Waals surface area contributed by atoms with Gasteiger partial charge < -0.3 is 20.4 Å². The number of alkyl halides is 3. The highest BCUT2D eigenvalue weighted by atomic mass is 32.2. The van der Waals surface area contributed by atoms with Gasteiger partial charge in [0.25, 0.3) is 11.8 Å². The number of carbonyl (C=O) groups is 4. The van der Waals surface area contributed by atoms with Crippen molar-refractivity contribution in [1.29, 1.82) is 0 Å². The third-order valence-electron chi connectivity index (χ3n) is 11.4. The van der Waals surface area contributed by atoms with Crippen molar-refractivity contribution in [3.05, 3.63) is 95.2 Å². The van der Waals surface area contributed by atoms with E-state index in [1.54, 1.807) is 18.2 Å². The minimum absolute atomic E-state index is 0.00374. The van der Waals surface area contributed by atoms with E-state index in [0.717, 1.165) is 86.3 Å². The second-order valence-electron chi connectivity index (χ2n) is 15.5. The van der Waals surface area contributed by atoms with Crippen LogP contribution in [0.25, 0.3) is 0 Å². The molecule has 0 spiro atoms. The molecule has 8 rings (SSSR count). The molecule has 0 atom stereocenters. The number of nitrogens with one attached hydrogen (secondary N) is 3. The Hall–Kier alpha value is -6.28. The van der Waals surface area contributed by atoms with Gasteiger partial charge in [0.05, 0.1) is 22.6 Å². The highest BCUT2D eigenvalue weighted by molar-refractivity contribution is 7.90. The first kappa shape index (κ1) is 41.5. The number of fused-ring (bicyclic) bond motifs is 1. The molecule has 3 fully saturated rings. The fourth-order valence-electron chi connectivity index (χ4n) is 8.05. The third kappa shape index (κ3) is 9.09. The molecule has 4 aliphatic rings. The molecule has 16 nitrogen and oxygen atoms in total. The molecule has 1 aromatic heterocycles. The van der Waals surface area contributed by atoms with Crippen molar-refractivity contribution in [3.8, 4) is 0 Å². The summed E-state index contributed by atoms with van der Waals surface area (Å²) in [6.07, 6.45) is -1.02. The third-order valence-corrected chi connectivity index (χ3v) is 12.5. The number of aromatic nitrogens is 2. The number of amides is 5. The van der Waals surface area contributed by atoms with Crippen LogP contribution < -0.4 is 25.8 Å². The van der Waals surface area contributed by atoms with E-state index in [1.807, 2.05) is 30.3 Å². The number of anilines is 5. The van der Waals surface area contributed by atoms with Gasteiger partial charge in [-0.05, 0) is 78.9 Å². The maximum absolute atomic E-state index is 13.8. The predicted molar refractivity (Wildman–Crippen MR) is 219 cm³/mol. The Balaban J connectivity index is 0.810. The molecule has 0 saturated carbocycles. The maximum Gasteiger partial charge on any atom is 0.421 e. The van der Waals surface area contributed by atoms with Gasteiger partial charge in [0.15, 0.2) is 9.84 Å². The second-order valence-corrected chi connectivity index (χ2v) is 17.5. The van der Waals surface area contributed by atoms with Gasteiger partial charge in [-0.1, -0.05) is 12.1 Å².